The predicted molar refractivity (Wildman–Crippen MR) is 95.6 cm³/mol. The Hall–Kier alpha value is -2.47. The van der Waals surface area contributed by atoms with Gasteiger partial charge in [0.2, 0.25) is 0 Å². The van der Waals surface area contributed by atoms with Crippen molar-refractivity contribution in [3.63, 3.8) is 0 Å². The van der Waals surface area contributed by atoms with E-state index in [9.17, 15) is 0 Å². The highest BCUT2D eigenvalue weighted by Gasteiger charge is 2.04. The average Bonchev–Trinajstić information content (AvgIpc) is 3.00. The summed E-state index contributed by atoms with van der Waals surface area (Å²) in [6, 6.07) is 10.2. The van der Waals surface area contributed by atoms with Crippen molar-refractivity contribution < 1.29 is 0 Å². The number of aliphatic imine (C=N–C) groups is 1. The van der Waals surface area contributed by atoms with E-state index in [0.29, 0.717) is 13.1 Å². The molecule has 0 atom stereocenters. The third kappa shape index (κ3) is 3.84. The average molecular weight is 325 g/mol. The lowest BCUT2D eigenvalue weighted by atomic mass is 10.1. The van der Waals surface area contributed by atoms with E-state index in [1.807, 2.05) is 36.7 Å². The lowest BCUT2D eigenvalue weighted by molar-refractivity contribution is 0.807. The molecule has 0 saturated carbocycles. The number of para-hydroxylation sites is 1. The van der Waals surface area contributed by atoms with Crippen molar-refractivity contribution in [1.29, 1.82) is 0 Å². The standard InChI is InChI=1S/C17H19N5S/c1-12-9-20-16(23-12)11-22-17(18-2)21-10-13-7-8-19-15-6-4-3-5-14(13)15/h3-9H,10-11H2,1-2H3,(H2,18,21,22). The molecule has 2 aromatic heterocycles. The Morgan fingerprint density at radius 3 is 2.74 bits per heavy atom. The minimum Gasteiger partial charge on any atom is -0.352 e. The van der Waals surface area contributed by atoms with E-state index in [2.05, 4.69) is 38.6 Å². The van der Waals surface area contributed by atoms with E-state index in [4.69, 9.17) is 0 Å². The number of aryl methyl sites for hydroxylation is 1. The van der Waals surface area contributed by atoms with Crippen molar-refractivity contribution in [3.05, 3.63) is 58.2 Å². The molecule has 0 amide bonds. The third-order valence-corrected chi connectivity index (χ3v) is 4.40. The van der Waals surface area contributed by atoms with Gasteiger partial charge in [-0.1, -0.05) is 18.2 Å². The predicted octanol–water partition coefficient (Wildman–Crippen LogP) is 2.86. The van der Waals surface area contributed by atoms with Crippen molar-refractivity contribution in [2.75, 3.05) is 7.05 Å². The minimum atomic E-state index is 0.676. The Labute approximate surface area is 139 Å². The molecule has 5 nitrogen and oxygen atoms in total. The molecule has 1 aromatic carbocycles. The molecule has 0 aliphatic rings. The number of pyridine rings is 1. The van der Waals surface area contributed by atoms with Gasteiger partial charge in [-0.2, -0.15) is 0 Å². The summed E-state index contributed by atoms with van der Waals surface area (Å²) in [5, 5.41) is 8.85. The molecular weight excluding hydrogens is 306 g/mol. The van der Waals surface area contributed by atoms with Crippen LogP contribution in [0.2, 0.25) is 0 Å². The number of aromatic nitrogens is 2. The van der Waals surface area contributed by atoms with Gasteiger partial charge in [0.1, 0.15) is 5.01 Å². The maximum absolute atomic E-state index is 4.39. The molecule has 0 spiro atoms. The van der Waals surface area contributed by atoms with Crippen LogP contribution in [0.1, 0.15) is 15.4 Å². The van der Waals surface area contributed by atoms with Crippen LogP contribution >= 0.6 is 11.3 Å². The number of guanidine groups is 1. The number of fused-ring (bicyclic) bond motifs is 1. The van der Waals surface area contributed by atoms with Crippen molar-refractivity contribution >= 4 is 28.2 Å². The molecule has 0 radical (unpaired) electrons. The molecule has 0 fully saturated rings. The van der Waals surface area contributed by atoms with Gasteiger partial charge in [-0.15, -0.1) is 11.3 Å². The summed E-state index contributed by atoms with van der Waals surface area (Å²) in [6.45, 7) is 3.43. The van der Waals surface area contributed by atoms with Gasteiger partial charge >= 0.3 is 0 Å². The monoisotopic (exact) mass is 325 g/mol. The summed E-state index contributed by atoms with van der Waals surface area (Å²) in [6.07, 6.45) is 3.73. The Kier molecular flexibility index (Phi) is 4.83. The van der Waals surface area contributed by atoms with Crippen LogP contribution in [0.5, 0.6) is 0 Å². The van der Waals surface area contributed by atoms with Crippen molar-refractivity contribution in [2.24, 2.45) is 4.99 Å². The first-order valence-corrected chi connectivity index (χ1v) is 8.26. The van der Waals surface area contributed by atoms with E-state index < -0.39 is 0 Å². The second-order valence-electron chi connectivity index (χ2n) is 5.13. The summed E-state index contributed by atoms with van der Waals surface area (Å²) in [7, 11) is 1.77. The molecule has 3 rings (SSSR count). The van der Waals surface area contributed by atoms with Gasteiger partial charge in [0, 0.05) is 36.2 Å². The van der Waals surface area contributed by atoms with Gasteiger partial charge in [0.15, 0.2) is 5.96 Å². The van der Waals surface area contributed by atoms with E-state index in [0.717, 1.165) is 21.9 Å². The van der Waals surface area contributed by atoms with Gasteiger partial charge in [-0.25, -0.2) is 4.98 Å². The number of hydrogen-bond donors (Lipinski definition) is 2. The van der Waals surface area contributed by atoms with Crippen LogP contribution in [0.4, 0.5) is 0 Å². The van der Waals surface area contributed by atoms with Crippen LogP contribution in [-0.4, -0.2) is 23.0 Å². The quantitative estimate of drug-likeness (QED) is 0.572. The maximum atomic E-state index is 4.39. The van der Waals surface area contributed by atoms with Gasteiger partial charge < -0.3 is 10.6 Å². The fourth-order valence-electron chi connectivity index (χ4n) is 2.35. The zero-order valence-electron chi connectivity index (χ0n) is 13.2. The summed E-state index contributed by atoms with van der Waals surface area (Å²) in [5.41, 5.74) is 2.21. The molecule has 6 heteroatoms. The zero-order chi connectivity index (χ0) is 16.1. The summed E-state index contributed by atoms with van der Waals surface area (Å²) < 4.78 is 0. The molecule has 0 aliphatic heterocycles. The second kappa shape index (κ2) is 7.19. The first kappa shape index (κ1) is 15.4. The highest BCUT2D eigenvalue weighted by atomic mass is 32.1. The number of nitrogens with one attached hydrogen (secondary N) is 2. The van der Waals surface area contributed by atoms with E-state index >= 15 is 0 Å². The Morgan fingerprint density at radius 2 is 1.96 bits per heavy atom. The van der Waals surface area contributed by atoms with E-state index in [1.165, 1.54) is 10.4 Å². The van der Waals surface area contributed by atoms with Crippen LogP contribution < -0.4 is 10.6 Å². The number of nitrogens with zero attached hydrogens (tertiary/aromatic N) is 3. The molecule has 0 unspecified atom stereocenters. The highest BCUT2D eigenvalue weighted by molar-refractivity contribution is 7.11. The van der Waals surface area contributed by atoms with Crippen LogP contribution in [0.25, 0.3) is 10.9 Å². The smallest absolute Gasteiger partial charge is 0.191 e. The summed E-state index contributed by atoms with van der Waals surface area (Å²) in [5.74, 6) is 0.763. The molecule has 2 N–H and O–H groups in total. The molecule has 3 aromatic rings. The van der Waals surface area contributed by atoms with Gasteiger partial charge in [-0.3, -0.25) is 9.98 Å². The van der Waals surface area contributed by atoms with E-state index in [-0.39, 0.29) is 0 Å². The molecular formula is C17H19N5S. The zero-order valence-corrected chi connectivity index (χ0v) is 14.0. The van der Waals surface area contributed by atoms with Gasteiger partial charge in [0.05, 0.1) is 12.1 Å². The molecule has 118 valence electrons. The van der Waals surface area contributed by atoms with Crippen LogP contribution in [0.15, 0.2) is 47.7 Å². The molecule has 23 heavy (non-hydrogen) atoms. The Balaban J connectivity index is 1.63. The number of hydrogen-bond acceptors (Lipinski definition) is 4. The number of thiazole rings is 1. The van der Waals surface area contributed by atoms with Crippen LogP contribution in [0.3, 0.4) is 0 Å². The largest absolute Gasteiger partial charge is 0.352 e. The summed E-state index contributed by atoms with van der Waals surface area (Å²) >= 11 is 1.69. The first-order chi connectivity index (χ1) is 11.3. The molecule has 0 saturated heterocycles. The van der Waals surface area contributed by atoms with Crippen molar-refractivity contribution in [2.45, 2.75) is 20.0 Å². The Bertz CT molecular complexity index is 819. The first-order valence-electron chi connectivity index (χ1n) is 7.44. The van der Waals surface area contributed by atoms with E-state index in [1.54, 1.807) is 18.4 Å². The molecule has 0 aliphatic carbocycles. The molecule has 0 bridgehead atoms. The highest BCUT2D eigenvalue weighted by Crippen LogP contribution is 2.15. The minimum absolute atomic E-state index is 0.676. The SMILES string of the molecule is CN=C(NCc1ncc(C)s1)NCc1ccnc2ccccc12. The maximum Gasteiger partial charge on any atom is 0.191 e. The normalized spacial score (nSPS) is 11.7. The van der Waals surface area contributed by atoms with Crippen molar-refractivity contribution in [1.82, 2.24) is 20.6 Å². The lowest BCUT2D eigenvalue weighted by Gasteiger charge is -2.12. The fourth-order valence-corrected chi connectivity index (χ4v) is 3.08. The van der Waals surface area contributed by atoms with Gasteiger partial charge in [-0.05, 0) is 24.6 Å². The topological polar surface area (TPSA) is 62.2 Å². The second-order valence-corrected chi connectivity index (χ2v) is 6.45. The van der Waals surface area contributed by atoms with Crippen LogP contribution in [-0.2, 0) is 13.1 Å². The Morgan fingerprint density at radius 1 is 1.13 bits per heavy atom. The van der Waals surface area contributed by atoms with Crippen LogP contribution in [0, 0.1) is 6.92 Å². The molecule has 2 heterocycles. The number of rotatable bonds is 4. The summed E-state index contributed by atoms with van der Waals surface area (Å²) in [4.78, 5) is 14.2. The third-order valence-electron chi connectivity index (χ3n) is 3.49. The van der Waals surface area contributed by atoms with Crippen molar-refractivity contribution in [3.8, 4) is 0 Å². The lowest BCUT2D eigenvalue weighted by Crippen LogP contribution is -2.36. The van der Waals surface area contributed by atoms with Gasteiger partial charge in [0.25, 0.3) is 0 Å². The fraction of sp³-hybridized carbons (Fsp3) is 0.235. The number of benzene rings is 1.